The molecule has 90 valence electrons. The monoisotopic (exact) mass is 301 g/mol. The smallest absolute Gasteiger partial charge is 0.178 e. The molecule has 0 aliphatic heterocycles. The highest BCUT2D eigenvalue weighted by molar-refractivity contribution is 9.10. The lowest BCUT2D eigenvalue weighted by Crippen LogP contribution is -1.83. The van der Waals surface area contributed by atoms with Gasteiger partial charge in [-0.25, -0.2) is 9.97 Å². The molecule has 2 aromatic heterocycles. The molecule has 0 radical (unpaired) electrons. The number of halogens is 1. The van der Waals surface area contributed by atoms with Crippen molar-refractivity contribution in [2.75, 3.05) is 0 Å². The standard InChI is InChI=1S/C14H12BrN3/c15-11-8-12-14(16-9-11)18-13(17-12)7-6-10-4-2-1-3-5-10/h1-2,4,6-9H,3,5H2,(H,16,17,18)/b7-6+. The maximum absolute atomic E-state index is 4.42. The maximum Gasteiger partial charge on any atom is 0.178 e. The average Bonchev–Trinajstić information content (AvgIpc) is 2.79. The summed E-state index contributed by atoms with van der Waals surface area (Å²) in [6.45, 7) is 0. The van der Waals surface area contributed by atoms with E-state index < -0.39 is 0 Å². The molecule has 3 nitrogen and oxygen atoms in total. The van der Waals surface area contributed by atoms with Crippen molar-refractivity contribution in [2.24, 2.45) is 0 Å². The Labute approximate surface area is 113 Å². The number of imidazole rings is 1. The second-order valence-corrected chi connectivity index (χ2v) is 5.10. The molecular weight excluding hydrogens is 290 g/mol. The Morgan fingerprint density at radius 2 is 2.28 bits per heavy atom. The summed E-state index contributed by atoms with van der Waals surface area (Å²) in [4.78, 5) is 11.9. The quantitative estimate of drug-likeness (QED) is 0.910. The van der Waals surface area contributed by atoms with Crippen molar-refractivity contribution >= 4 is 33.2 Å². The van der Waals surface area contributed by atoms with Gasteiger partial charge in [-0.05, 0) is 46.5 Å². The first-order valence-electron chi connectivity index (χ1n) is 5.86. The fourth-order valence-electron chi connectivity index (χ4n) is 1.92. The number of aromatic nitrogens is 3. The van der Waals surface area contributed by atoms with Crippen molar-refractivity contribution < 1.29 is 0 Å². The second-order valence-electron chi connectivity index (χ2n) is 4.19. The van der Waals surface area contributed by atoms with Crippen LogP contribution >= 0.6 is 15.9 Å². The number of fused-ring (bicyclic) bond motifs is 1. The van der Waals surface area contributed by atoms with Crippen molar-refractivity contribution in [3.05, 3.63) is 52.4 Å². The van der Waals surface area contributed by atoms with E-state index in [1.54, 1.807) is 6.20 Å². The molecule has 0 saturated heterocycles. The lowest BCUT2D eigenvalue weighted by molar-refractivity contribution is 0.992. The van der Waals surface area contributed by atoms with Crippen molar-refractivity contribution in [3.63, 3.8) is 0 Å². The van der Waals surface area contributed by atoms with E-state index in [9.17, 15) is 0 Å². The summed E-state index contributed by atoms with van der Waals surface area (Å²) in [6, 6.07) is 1.98. The molecule has 1 N–H and O–H groups in total. The highest BCUT2D eigenvalue weighted by Gasteiger charge is 2.02. The Hall–Kier alpha value is -1.68. The molecule has 2 heterocycles. The molecule has 0 spiro atoms. The number of aromatic amines is 1. The fraction of sp³-hybridized carbons (Fsp3) is 0.143. The fourth-order valence-corrected chi connectivity index (χ4v) is 2.25. The number of nitrogens with one attached hydrogen (secondary N) is 1. The molecule has 1 aliphatic carbocycles. The van der Waals surface area contributed by atoms with Gasteiger partial charge >= 0.3 is 0 Å². The van der Waals surface area contributed by atoms with Gasteiger partial charge in [0.05, 0.1) is 5.52 Å². The summed E-state index contributed by atoms with van der Waals surface area (Å²) in [7, 11) is 0. The molecule has 4 heteroatoms. The third kappa shape index (κ3) is 2.43. The van der Waals surface area contributed by atoms with Crippen LogP contribution in [0, 0.1) is 0 Å². The minimum atomic E-state index is 0.746. The van der Waals surface area contributed by atoms with E-state index in [2.05, 4.69) is 55.2 Å². The zero-order valence-corrected chi connectivity index (χ0v) is 11.3. The van der Waals surface area contributed by atoms with Gasteiger partial charge in [0.25, 0.3) is 0 Å². The average molecular weight is 302 g/mol. The Balaban J connectivity index is 1.88. The lowest BCUT2D eigenvalue weighted by atomic mass is 10.1. The molecule has 3 rings (SSSR count). The SMILES string of the molecule is Brc1cnc2nc(/C=C/C3=CC=CCC3)[nH]c2c1. The van der Waals surface area contributed by atoms with Crippen molar-refractivity contribution in [1.29, 1.82) is 0 Å². The van der Waals surface area contributed by atoms with E-state index in [1.807, 2.05) is 12.1 Å². The third-order valence-corrected chi connectivity index (χ3v) is 3.26. The summed E-state index contributed by atoms with van der Waals surface area (Å²) < 4.78 is 0.953. The summed E-state index contributed by atoms with van der Waals surface area (Å²) in [5, 5.41) is 0. The van der Waals surface area contributed by atoms with Crippen LogP contribution in [0.1, 0.15) is 18.7 Å². The van der Waals surface area contributed by atoms with Gasteiger partial charge < -0.3 is 4.98 Å². The third-order valence-electron chi connectivity index (χ3n) is 2.82. The van der Waals surface area contributed by atoms with Gasteiger partial charge in [-0.15, -0.1) is 0 Å². The molecule has 0 fully saturated rings. The van der Waals surface area contributed by atoms with E-state index in [0.29, 0.717) is 0 Å². The number of allylic oxidation sites excluding steroid dienone is 5. The first-order valence-corrected chi connectivity index (χ1v) is 6.65. The van der Waals surface area contributed by atoms with E-state index in [-0.39, 0.29) is 0 Å². The predicted octanol–water partition coefficient (Wildman–Crippen LogP) is 4.01. The van der Waals surface area contributed by atoms with Gasteiger partial charge in [-0.1, -0.05) is 24.3 Å². The van der Waals surface area contributed by atoms with Crippen LogP contribution in [0.2, 0.25) is 0 Å². The van der Waals surface area contributed by atoms with E-state index in [4.69, 9.17) is 0 Å². The number of hydrogen-bond donors (Lipinski definition) is 1. The summed E-state index contributed by atoms with van der Waals surface area (Å²) in [5.41, 5.74) is 3.02. The summed E-state index contributed by atoms with van der Waals surface area (Å²) in [5.74, 6) is 0.839. The summed E-state index contributed by atoms with van der Waals surface area (Å²) >= 11 is 3.40. The van der Waals surface area contributed by atoms with Crippen LogP contribution in [0.15, 0.2) is 46.6 Å². The Bertz CT molecular complexity index is 665. The van der Waals surface area contributed by atoms with Crippen molar-refractivity contribution in [2.45, 2.75) is 12.8 Å². The number of pyridine rings is 1. The normalized spacial score (nSPS) is 15.5. The van der Waals surface area contributed by atoms with E-state index in [1.165, 1.54) is 5.57 Å². The summed E-state index contributed by atoms with van der Waals surface area (Å²) in [6.07, 6.45) is 14.5. The van der Waals surface area contributed by atoms with Gasteiger partial charge in [0.15, 0.2) is 5.65 Å². The maximum atomic E-state index is 4.42. The highest BCUT2D eigenvalue weighted by Crippen LogP contribution is 2.17. The minimum absolute atomic E-state index is 0.746. The number of rotatable bonds is 2. The van der Waals surface area contributed by atoms with Crippen LogP contribution in [0.5, 0.6) is 0 Å². The minimum Gasteiger partial charge on any atom is -0.337 e. The Morgan fingerprint density at radius 3 is 3.11 bits per heavy atom. The molecule has 0 amide bonds. The Kier molecular flexibility index (Phi) is 3.11. The molecule has 18 heavy (non-hydrogen) atoms. The lowest BCUT2D eigenvalue weighted by Gasteiger charge is -2.01. The first kappa shape index (κ1) is 11.4. The zero-order chi connectivity index (χ0) is 12.4. The van der Waals surface area contributed by atoms with Crippen molar-refractivity contribution in [3.8, 4) is 0 Å². The van der Waals surface area contributed by atoms with Crippen LogP contribution in [0.4, 0.5) is 0 Å². The number of nitrogens with zero attached hydrogens (tertiary/aromatic N) is 2. The zero-order valence-electron chi connectivity index (χ0n) is 9.73. The topological polar surface area (TPSA) is 41.6 Å². The molecule has 2 aromatic rings. The predicted molar refractivity (Wildman–Crippen MR) is 77.1 cm³/mol. The van der Waals surface area contributed by atoms with Gasteiger partial charge in [0.1, 0.15) is 5.82 Å². The van der Waals surface area contributed by atoms with Gasteiger partial charge in [0, 0.05) is 10.7 Å². The largest absolute Gasteiger partial charge is 0.337 e. The second kappa shape index (κ2) is 4.90. The molecular formula is C14H12BrN3. The molecule has 1 aliphatic rings. The molecule has 0 atom stereocenters. The molecule has 0 unspecified atom stereocenters. The Morgan fingerprint density at radius 1 is 1.33 bits per heavy atom. The van der Waals surface area contributed by atoms with Crippen LogP contribution in [-0.2, 0) is 0 Å². The molecule has 0 saturated carbocycles. The van der Waals surface area contributed by atoms with E-state index in [0.717, 1.165) is 34.3 Å². The molecule has 0 bridgehead atoms. The number of hydrogen-bond acceptors (Lipinski definition) is 2. The van der Waals surface area contributed by atoms with Gasteiger partial charge in [-0.3, -0.25) is 0 Å². The molecule has 0 aromatic carbocycles. The number of H-pyrrole nitrogens is 1. The van der Waals surface area contributed by atoms with Gasteiger partial charge in [-0.2, -0.15) is 0 Å². The highest BCUT2D eigenvalue weighted by atomic mass is 79.9. The first-order chi connectivity index (χ1) is 8.81. The van der Waals surface area contributed by atoms with Gasteiger partial charge in [0.2, 0.25) is 0 Å². The van der Waals surface area contributed by atoms with E-state index >= 15 is 0 Å². The van der Waals surface area contributed by atoms with Crippen LogP contribution in [0.3, 0.4) is 0 Å². The van der Waals surface area contributed by atoms with Crippen molar-refractivity contribution in [1.82, 2.24) is 15.0 Å². The van der Waals surface area contributed by atoms with Crippen LogP contribution in [-0.4, -0.2) is 15.0 Å². The van der Waals surface area contributed by atoms with Crippen LogP contribution < -0.4 is 0 Å². The van der Waals surface area contributed by atoms with Crippen LogP contribution in [0.25, 0.3) is 17.2 Å².